The third-order valence-electron chi connectivity index (χ3n) is 4.59. The van der Waals surface area contributed by atoms with E-state index in [0.29, 0.717) is 22.0 Å². The highest BCUT2D eigenvalue weighted by Gasteiger charge is 2.18. The minimum absolute atomic E-state index is 0.0195. The van der Waals surface area contributed by atoms with Crippen molar-refractivity contribution in [1.29, 1.82) is 0 Å². The molecular formula is C23H20N4O3S2. The summed E-state index contributed by atoms with van der Waals surface area (Å²) in [7, 11) is -3.86. The Kier molecular flexibility index (Phi) is 6.02. The van der Waals surface area contributed by atoms with Crippen LogP contribution in [-0.2, 0) is 10.0 Å². The fourth-order valence-corrected chi connectivity index (χ4v) is 4.94. The van der Waals surface area contributed by atoms with Gasteiger partial charge >= 0.3 is 0 Å². The molecule has 32 heavy (non-hydrogen) atoms. The standard InChI is InChI=1S/C23H20N4O3S2/c1-15-14-16(2)25-23(24-15)27-32(29,30)19-10-8-18(9-11-19)26-22(28)21-20(12-13-31-21)17-6-4-3-5-7-17/h3-14H,1-2H3,(H,26,28)(H,24,25,27). The molecule has 0 aliphatic heterocycles. The van der Waals surface area contributed by atoms with Crippen molar-refractivity contribution >= 4 is 38.9 Å². The smallest absolute Gasteiger partial charge is 0.266 e. The Morgan fingerprint density at radius 3 is 2.22 bits per heavy atom. The van der Waals surface area contributed by atoms with Gasteiger partial charge in [0.1, 0.15) is 0 Å². The number of carbonyl (C=O) groups is 1. The molecule has 0 saturated carbocycles. The van der Waals surface area contributed by atoms with Crippen molar-refractivity contribution < 1.29 is 13.2 Å². The highest BCUT2D eigenvalue weighted by Crippen LogP contribution is 2.29. The van der Waals surface area contributed by atoms with E-state index in [0.717, 1.165) is 11.1 Å². The Morgan fingerprint density at radius 2 is 1.56 bits per heavy atom. The summed E-state index contributed by atoms with van der Waals surface area (Å²) >= 11 is 1.35. The van der Waals surface area contributed by atoms with Gasteiger partial charge in [0.2, 0.25) is 5.95 Å². The zero-order valence-electron chi connectivity index (χ0n) is 17.4. The Hall–Kier alpha value is -3.56. The molecule has 7 nitrogen and oxygen atoms in total. The second-order valence-corrected chi connectivity index (χ2v) is 9.69. The van der Waals surface area contributed by atoms with Crippen LogP contribution in [-0.4, -0.2) is 24.3 Å². The summed E-state index contributed by atoms with van der Waals surface area (Å²) < 4.78 is 27.7. The first-order valence-electron chi connectivity index (χ1n) is 9.71. The number of sulfonamides is 1. The van der Waals surface area contributed by atoms with E-state index in [2.05, 4.69) is 20.0 Å². The molecular weight excluding hydrogens is 444 g/mol. The second-order valence-electron chi connectivity index (χ2n) is 7.09. The van der Waals surface area contributed by atoms with Gasteiger partial charge in [-0.2, -0.15) is 0 Å². The molecule has 0 radical (unpaired) electrons. The lowest BCUT2D eigenvalue weighted by Crippen LogP contribution is -2.16. The largest absolute Gasteiger partial charge is 0.321 e. The molecule has 2 aromatic carbocycles. The Bertz CT molecular complexity index is 1350. The average molecular weight is 465 g/mol. The molecule has 0 atom stereocenters. The van der Waals surface area contributed by atoms with E-state index in [1.54, 1.807) is 32.0 Å². The number of aromatic nitrogens is 2. The molecule has 0 fully saturated rings. The van der Waals surface area contributed by atoms with E-state index >= 15 is 0 Å². The van der Waals surface area contributed by atoms with Gasteiger partial charge in [0.15, 0.2) is 0 Å². The number of amides is 1. The summed E-state index contributed by atoms with van der Waals surface area (Å²) in [5, 5.41) is 4.70. The lowest BCUT2D eigenvalue weighted by atomic mass is 10.1. The SMILES string of the molecule is Cc1cc(C)nc(NS(=O)(=O)c2ccc(NC(=O)c3sccc3-c3ccccc3)cc2)n1. The van der Waals surface area contributed by atoms with E-state index in [1.165, 1.54) is 23.5 Å². The van der Waals surface area contributed by atoms with Gasteiger partial charge in [-0.15, -0.1) is 11.3 Å². The first-order chi connectivity index (χ1) is 15.3. The van der Waals surface area contributed by atoms with Crippen LogP contribution in [0.4, 0.5) is 11.6 Å². The van der Waals surface area contributed by atoms with Crippen LogP contribution in [0.5, 0.6) is 0 Å². The maximum Gasteiger partial charge on any atom is 0.266 e. The van der Waals surface area contributed by atoms with Crippen molar-refractivity contribution in [2.24, 2.45) is 0 Å². The number of rotatable bonds is 6. The molecule has 2 heterocycles. The lowest BCUT2D eigenvalue weighted by Gasteiger charge is -2.10. The van der Waals surface area contributed by atoms with Gasteiger partial charge in [-0.05, 0) is 61.2 Å². The number of hydrogen-bond donors (Lipinski definition) is 2. The van der Waals surface area contributed by atoms with E-state index < -0.39 is 10.0 Å². The summed E-state index contributed by atoms with van der Waals surface area (Å²) in [5.41, 5.74) is 3.63. The van der Waals surface area contributed by atoms with Gasteiger partial charge in [0.05, 0.1) is 9.77 Å². The highest BCUT2D eigenvalue weighted by atomic mass is 32.2. The van der Waals surface area contributed by atoms with Gasteiger partial charge in [-0.25, -0.2) is 23.1 Å². The maximum absolute atomic E-state index is 12.8. The van der Waals surface area contributed by atoms with Crippen LogP contribution in [0.2, 0.25) is 0 Å². The van der Waals surface area contributed by atoms with E-state index in [9.17, 15) is 13.2 Å². The van der Waals surface area contributed by atoms with Crippen molar-refractivity contribution in [2.75, 3.05) is 10.0 Å². The molecule has 0 bridgehead atoms. The van der Waals surface area contributed by atoms with E-state index in [-0.39, 0.29) is 16.8 Å². The van der Waals surface area contributed by atoms with Crippen LogP contribution in [0.25, 0.3) is 11.1 Å². The molecule has 4 rings (SSSR count). The maximum atomic E-state index is 12.8. The van der Waals surface area contributed by atoms with Crippen molar-refractivity contribution in [3.8, 4) is 11.1 Å². The van der Waals surface area contributed by atoms with Gasteiger partial charge in [-0.3, -0.25) is 4.79 Å². The monoisotopic (exact) mass is 464 g/mol. The minimum atomic E-state index is -3.86. The Balaban J connectivity index is 1.50. The average Bonchev–Trinajstić information content (AvgIpc) is 3.24. The molecule has 0 aliphatic carbocycles. The second kappa shape index (κ2) is 8.89. The molecule has 4 aromatic rings. The number of thiophene rings is 1. The first kappa shape index (κ1) is 21.7. The predicted molar refractivity (Wildman–Crippen MR) is 126 cm³/mol. The summed E-state index contributed by atoms with van der Waals surface area (Å²) in [6, 6.07) is 19.3. The molecule has 0 unspecified atom stereocenters. The van der Waals surface area contributed by atoms with Gasteiger partial charge < -0.3 is 5.32 Å². The molecule has 2 N–H and O–H groups in total. The van der Waals surface area contributed by atoms with Gasteiger partial charge in [0.25, 0.3) is 15.9 Å². The molecule has 162 valence electrons. The summed E-state index contributed by atoms with van der Waals surface area (Å²) in [5.74, 6) is -0.234. The number of aryl methyl sites for hydroxylation is 2. The Morgan fingerprint density at radius 1 is 0.906 bits per heavy atom. The van der Waals surface area contributed by atoms with Crippen molar-refractivity contribution in [2.45, 2.75) is 18.7 Å². The quantitative estimate of drug-likeness (QED) is 0.424. The van der Waals surface area contributed by atoms with E-state index in [4.69, 9.17) is 0 Å². The third-order valence-corrected chi connectivity index (χ3v) is 6.84. The molecule has 0 saturated heterocycles. The topological polar surface area (TPSA) is 101 Å². The van der Waals surface area contributed by atoms with Crippen LogP contribution < -0.4 is 10.0 Å². The number of benzene rings is 2. The fourth-order valence-electron chi connectivity index (χ4n) is 3.19. The lowest BCUT2D eigenvalue weighted by molar-refractivity contribution is 0.103. The predicted octanol–water partition coefficient (Wildman–Crippen LogP) is 4.88. The molecule has 1 amide bonds. The summed E-state index contributed by atoms with van der Waals surface area (Å²) in [4.78, 5) is 21.6. The number of hydrogen-bond acceptors (Lipinski definition) is 6. The highest BCUT2D eigenvalue weighted by molar-refractivity contribution is 7.92. The molecule has 0 aliphatic rings. The van der Waals surface area contributed by atoms with E-state index in [1.807, 2.05) is 41.8 Å². The minimum Gasteiger partial charge on any atom is -0.321 e. The molecule has 0 spiro atoms. The van der Waals surface area contributed by atoms with Crippen molar-refractivity contribution in [3.05, 3.63) is 88.4 Å². The normalized spacial score (nSPS) is 11.2. The van der Waals surface area contributed by atoms with Crippen LogP contribution in [0.15, 0.2) is 77.0 Å². The summed E-state index contributed by atoms with van der Waals surface area (Å²) in [6.07, 6.45) is 0. The molecule has 2 aromatic heterocycles. The van der Waals surface area contributed by atoms with Crippen LogP contribution in [0, 0.1) is 13.8 Å². The zero-order valence-corrected chi connectivity index (χ0v) is 19.0. The summed E-state index contributed by atoms with van der Waals surface area (Å²) in [6.45, 7) is 3.53. The van der Waals surface area contributed by atoms with Gasteiger partial charge in [0, 0.05) is 22.6 Å². The number of nitrogens with one attached hydrogen (secondary N) is 2. The number of carbonyl (C=O) groups excluding carboxylic acids is 1. The van der Waals surface area contributed by atoms with Crippen LogP contribution >= 0.6 is 11.3 Å². The fraction of sp³-hybridized carbons (Fsp3) is 0.0870. The number of anilines is 2. The third kappa shape index (κ3) is 4.84. The Labute approximate surface area is 190 Å². The molecule has 9 heteroatoms. The first-order valence-corrected chi connectivity index (χ1v) is 12.1. The van der Waals surface area contributed by atoms with Gasteiger partial charge in [-0.1, -0.05) is 30.3 Å². The van der Waals surface area contributed by atoms with Crippen LogP contribution in [0.3, 0.4) is 0 Å². The zero-order chi connectivity index (χ0) is 22.7. The van der Waals surface area contributed by atoms with Crippen LogP contribution in [0.1, 0.15) is 21.1 Å². The number of nitrogens with zero attached hydrogens (tertiary/aromatic N) is 2. The van der Waals surface area contributed by atoms with Crippen molar-refractivity contribution in [1.82, 2.24) is 9.97 Å². The van der Waals surface area contributed by atoms with Crippen molar-refractivity contribution in [3.63, 3.8) is 0 Å².